The van der Waals surface area contributed by atoms with Crippen molar-refractivity contribution in [1.29, 1.82) is 0 Å². The molecule has 22 nitrogen and oxygen atoms in total. The first-order chi connectivity index (χ1) is 35.3. The van der Waals surface area contributed by atoms with Gasteiger partial charge in [0.15, 0.2) is 38.7 Å². The Balaban J connectivity index is 0.000000241. The predicted octanol–water partition coefficient (Wildman–Crippen LogP) is 6.26. The molecule has 1 aliphatic heterocycles. The van der Waals surface area contributed by atoms with Gasteiger partial charge in [0, 0.05) is 71.4 Å². The number of carbonyl (C=O) groups excluding carboxylic acids is 1. The molecule has 7 aromatic rings. The highest BCUT2D eigenvalue weighted by Crippen LogP contribution is 2.38. The highest BCUT2D eigenvalue weighted by molar-refractivity contribution is 7.92. The van der Waals surface area contributed by atoms with E-state index in [1.54, 1.807) is 104 Å². The molecular weight excluding hydrogens is 1000 g/mol. The molecule has 0 saturated carbocycles. The number of ether oxygens (including phenoxy) is 4. The molecule has 1 aliphatic rings. The van der Waals surface area contributed by atoms with Gasteiger partial charge < -0.3 is 24.4 Å². The summed E-state index contributed by atoms with van der Waals surface area (Å²) in [6, 6.07) is 14.2. The number of para-hydroxylation sites is 2. The van der Waals surface area contributed by atoms with Crippen LogP contribution in [0.1, 0.15) is 89.6 Å². The molecule has 396 valence electrons. The summed E-state index contributed by atoms with van der Waals surface area (Å²) in [4.78, 5) is 39.0. The maximum Gasteiger partial charge on any atom is 0.441 e. The largest absolute Gasteiger partial charge is 0.494 e. The van der Waals surface area contributed by atoms with Crippen molar-refractivity contribution < 1.29 is 45.9 Å². The highest BCUT2D eigenvalue weighted by atomic mass is 32.2. The molecule has 8 rings (SSSR count). The van der Waals surface area contributed by atoms with Crippen molar-refractivity contribution in [3.8, 4) is 40.1 Å². The van der Waals surface area contributed by atoms with Crippen LogP contribution in [0.4, 0.5) is 5.69 Å². The van der Waals surface area contributed by atoms with Crippen molar-refractivity contribution in [2.24, 2.45) is 4.40 Å². The fraction of sp³-hybridized carbons (Fsp3) is 0.333. The number of aromatic nitrogens is 9. The van der Waals surface area contributed by atoms with Crippen LogP contribution in [0, 0.1) is 27.7 Å². The average molecular weight is 1070 g/mol. The summed E-state index contributed by atoms with van der Waals surface area (Å²) in [6.45, 7) is 14.7. The maximum absolute atomic E-state index is 14.2. The molecule has 6 heterocycles. The van der Waals surface area contributed by atoms with Crippen LogP contribution in [0.5, 0.6) is 23.0 Å². The van der Waals surface area contributed by atoms with E-state index >= 15 is 0 Å². The summed E-state index contributed by atoms with van der Waals surface area (Å²) < 4.78 is 71.2. The number of rotatable bonds is 17. The van der Waals surface area contributed by atoms with Gasteiger partial charge in [-0.1, -0.05) is 26.0 Å². The zero-order valence-electron chi connectivity index (χ0n) is 43.8. The molecular formula is C51H62N13O9S2+. The van der Waals surface area contributed by atoms with Gasteiger partial charge in [0.2, 0.25) is 0 Å². The minimum absolute atomic E-state index is 0. The Kier molecular flexibility index (Phi) is 18.0. The quantitative estimate of drug-likeness (QED) is 0.0952. The van der Waals surface area contributed by atoms with Crippen LogP contribution in [0.2, 0.25) is 0 Å². The second kappa shape index (κ2) is 23.9. The van der Waals surface area contributed by atoms with Crippen molar-refractivity contribution in [3.05, 3.63) is 143 Å². The Morgan fingerprint density at radius 2 is 1.19 bits per heavy atom. The summed E-state index contributed by atoms with van der Waals surface area (Å²) in [7, 11) is -0.723. The fourth-order valence-electron chi connectivity index (χ4n) is 7.80. The van der Waals surface area contributed by atoms with Crippen molar-refractivity contribution in [2.75, 3.05) is 33.8 Å². The minimum atomic E-state index is -3.72. The highest BCUT2D eigenvalue weighted by Gasteiger charge is 2.47. The number of nitrogens with one attached hydrogen (secondary N) is 2. The molecule has 1 amide bonds. The van der Waals surface area contributed by atoms with Crippen molar-refractivity contribution in [3.63, 3.8) is 0 Å². The molecule has 0 fully saturated rings. The minimum Gasteiger partial charge on any atom is -0.494 e. The van der Waals surface area contributed by atoms with Gasteiger partial charge in [0.05, 0.1) is 44.5 Å². The smallest absolute Gasteiger partial charge is 0.441 e. The van der Waals surface area contributed by atoms with E-state index in [0.717, 1.165) is 22.3 Å². The summed E-state index contributed by atoms with van der Waals surface area (Å²) in [6.07, 6.45) is 13.3. The zero-order chi connectivity index (χ0) is 53.5. The fourth-order valence-corrected chi connectivity index (χ4v) is 11.4. The monoisotopic (exact) mass is 1060 g/mol. The van der Waals surface area contributed by atoms with Gasteiger partial charge in [-0.05, 0) is 104 Å². The molecule has 4 N–H and O–H groups in total. The van der Waals surface area contributed by atoms with Crippen LogP contribution < -0.4 is 29.7 Å². The van der Waals surface area contributed by atoms with E-state index in [2.05, 4.69) is 55.2 Å². The van der Waals surface area contributed by atoms with Crippen LogP contribution in [0.25, 0.3) is 17.1 Å². The molecule has 0 spiro atoms. The lowest BCUT2D eigenvalue weighted by Crippen LogP contribution is -2.53. The van der Waals surface area contributed by atoms with E-state index in [9.17, 15) is 17.4 Å². The van der Waals surface area contributed by atoms with Crippen molar-refractivity contribution >= 4 is 37.3 Å². The number of hydrazine groups is 1. The molecule has 0 bridgehead atoms. The molecule has 24 heteroatoms. The second-order valence-electron chi connectivity index (χ2n) is 17.7. The third kappa shape index (κ3) is 12.2. The van der Waals surface area contributed by atoms with E-state index in [0.29, 0.717) is 63.0 Å². The van der Waals surface area contributed by atoms with Gasteiger partial charge in [-0.3, -0.25) is 19.3 Å². The van der Waals surface area contributed by atoms with Gasteiger partial charge in [0.1, 0.15) is 34.6 Å². The Bertz CT molecular complexity index is 3390. The van der Waals surface area contributed by atoms with Gasteiger partial charge in [-0.15, -0.1) is 10.2 Å². The Labute approximate surface area is 436 Å². The molecule has 0 saturated heterocycles. The SMILES string of the molecule is COc1cccc(OC)c1-n1c(CS(=O)(=O)[C@@H](C)[C@H](C)c2ncc(C)cn2)nnc1-c1cncc(C)c1.COc1cccc(OC)c1NC1=NS(=O)([C@@H](C)[C@H](C)c2ncc(C)cn2)=[N+]1NC(=O)c1cncc(C)c1.O. The normalized spacial score (nSPS) is 15.5. The number of pyridine rings is 2. The molecule has 2 aromatic carbocycles. The van der Waals surface area contributed by atoms with Crippen LogP contribution in [-0.4, -0.2) is 118 Å². The van der Waals surface area contributed by atoms with Gasteiger partial charge >= 0.3 is 5.96 Å². The summed E-state index contributed by atoms with van der Waals surface area (Å²) in [5.41, 5.74) is 8.31. The molecule has 75 heavy (non-hydrogen) atoms. The Hall–Kier alpha value is -7.96. The lowest BCUT2D eigenvalue weighted by molar-refractivity contribution is -0.445. The van der Waals surface area contributed by atoms with Crippen LogP contribution >= 0.6 is 0 Å². The van der Waals surface area contributed by atoms with E-state index < -0.39 is 42.1 Å². The second-order valence-corrected chi connectivity index (χ2v) is 22.4. The average Bonchev–Trinajstić information content (AvgIpc) is 3.81. The van der Waals surface area contributed by atoms with Crippen molar-refractivity contribution in [2.45, 2.75) is 83.5 Å². The third-order valence-corrected chi connectivity index (χ3v) is 17.2. The van der Waals surface area contributed by atoms with Crippen LogP contribution in [-0.2, 0) is 25.5 Å². The first-order valence-corrected chi connectivity index (χ1v) is 26.6. The van der Waals surface area contributed by atoms with E-state index in [1.807, 2.05) is 47.6 Å². The molecule has 1 unspecified atom stereocenters. The maximum atomic E-state index is 14.2. The number of sulfone groups is 1. The summed E-state index contributed by atoms with van der Waals surface area (Å²) >= 11 is 0. The number of hydrogen-bond donors (Lipinski definition) is 2. The summed E-state index contributed by atoms with van der Waals surface area (Å²) in [5.74, 6) is 2.19. The van der Waals surface area contributed by atoms with Gasteiger partial charge in [-0.2, -0.15) is 9.63 Å². The molecule has 5 atom stereocenters. The Morgan fingerprint density at radius 1 is 0.680 bits per heavy atom. The number of methoxy groups -OCH3 is 4. The number of hydrogen-bond acceptors (Lipinski definition) is 17. The Morgan fingerprint density at radius 3 is 1.71 bits per heavy atom. The first-order valence-electron chi connectivity index (χ1n) is 23.3. The van der Waals surface area contributed by atoms with Gasteiger partial charge in [0.25, 0.3) is 15.8 Å². The van der Waals surface area contributed by atoms with E-state index in [4.69, 9.17) is 18.9 Å². The van der Waals surface area contributed by atoms with Gasteiger partial charge in [-0.25, -0.2) is 33.7 Å². The van der Waals surface area contributed by atoms with E-state index in [1.165, 1.54) is 38.7 Å². The number of amides is 1. The lowest BCUT2D eigenvalue weighted by atomic mass is 10.1. The van der Waals surface area contributed by atoms with E-state index in [-0.39, 0.29) is 28.9 Å². The molecule has 0 aliphatic carbocycles. The molecule has 0 radical (unpaired) electrons. The lowest BCUT2D eigenvalue weighted by Gasteiger charge is -2.25. The molecule has 5 aromatic heterocycles. The third-order valence-electron chi connectivity index (χ3n) is 12.4. The van der Waals surface area contributed by atoms with Crippen LogP contribution in [0.3, 0.4) is 0 Å². The number of guanidine groups is 1. The first kappa shape index (κ1) is 56.3. The van der Waals surface area contributed by atoms with Crippen molar-refractivity contribution in [1.82, 2.24) is 50.1 Å². The number of anilines is 1. The zero-order valence-corrected chi connectivity index (χ0v) is 45.4. The predicted molar refractivity (Wildman–Crippen MR) is 283 cm³/mol. The number of benzene rings is 2. The topological polar surface area (TPSA) is 284 Å². The van der Waals surface area contributed by atoms with Crippen LogP contribution in [0.15, 0.2) is 103 Å². The number of nitrogens with zero attached hydrogens (tertiary/aromatic N) is 11. The number of carbonyl (C=O) groups is 1. The standard InChI is InChI=1S/C26H30N6O4S.C25H29N7O4S.H2O/c1-16-10-20(14-27-11-16)26-31-30-23(32(26)24-21(35-5)8-7-9-22(24)36-6)15-37(33,34)19(4)18(3)25-28-12-17(2)13-29-25;1-15-10-19(14-26-11-15)24(33)30-32-25(29-22-20(35-5)8-7-9-21(22)36-6)31-37(32,34)18(4)17(3)23-27-12-16(2)13-28-23;/h7-14,18-19H,15H2,1-6H3;7-14,17-18H,1-6H3,(H,30,33);1H2/p+1/t18-,19-;17-,18-,37?;/m00./s1. The number of aryl methyl sites for hydroxylation is 4. The summed E-state index contributed by atoms with van der Waals surface area (Å²) in [5, 5.41) is 10.5.